The van der Waals surface area contributed by atoms with Gasteiger partial charge in [-0.3, -0.25) is 14.8 Å². The molecule has 0 aliphatic heterocycles. The van der Waals surface area contributed by atoms with E-state index in [2.05, 4.69) is 32.5 Å². The average Bonchev–Trinajstić information content (AvgIpc) is 2.65. The van der Waals surface area contributed by atoms with E-state index in [4.69, 9.17) is 5.73 Å². The molecule has 0 unspecified atom stereocenters. The van der Waals surface area contributed by atoms with Crippen molar-refractivity contribution < 1.29 is 4.79 Å². The van der Waals surface area contributed by atoms with Gasteiger partial charge in [0, 0.05) is 55.0 Å². The van der Waals surface area contributed by atoms with Gasteiger partial charge < -0.3 is 10.3 Å². The average molecular weight is 349 g/mol. The molecule has 0 spiro atoms. The number of nitrogen functional groups attached to an aromatic ring is 1. The smallest absolute Gasteiger partial charge is 0.180 e. The maximum atomic E-state index is 11.9. The van der Waals surface area contributed by atoms with E-state index in [1.807, 2.05) is 26.0 Å². The van der Waals surface area contributed by atoms with Crippen LogP contribution in [0.3, 0.4) is 0 Å². The quantitative estimate of drug-likeness (QED) is 0.733. The zero-order valence-electron chi connectivity index (χ0n) is 15.6. The van der Waals surface area contributed by atoms with Crippen LogP contribution in [-0.4, -0.2) is 27.4 Å². The maximum absolute atomic E-state index is 11.9. The second-order valence-electron chi connectivity index (χ2n) is 6.18. The minimum absolute atomic E-state index is 0.0434. The molecule has 6 heteroatoms. The van der Waals surface area contributed by atoms with Gasteiger partial charge in [-0.05, 0) is 31.5 Å². The van der Waals surface area contributed by atoms with Crippen LogP contribution in [0.5, 0.6) is 0 Å². The molecule has 6 nitrogen and oxygen atoms in total. The number of aryl methyl sites for hydroxylation is 2. The Balaban J connectivity index is 2.32. The van der Waals surface area contributed by atoms with Crippen LogP contribution in [0.2, 0.25) is 0 Å². The predicted molar refractivity (Wildman–Crippen MR) is 104 cm³/mol. The minimum atomic E-state index is 0.0434. The first-order valence-corrected chi connectivity index (χ1v) is 8.72. The normalized spacial score (nSPS) is 11.9. The highest BCUT2D eigenvalue weighted by Crippen LogP contribution is 2.25. The van der Waals surface area contributed by atoms with Gasteiger partial charge in [0.1, 0.15) is 17.0 Å². The molecule has 0 aliphatic rings. The van der Waals surface area contributed by atoms with Gasteiger partial charge in [0.15, 0.2) is 5.78 Å². The number of aromatic nitrogens is 3. The fourth-order valence-electron chi connectivity index (χ4n) is 3.23. The van der Waals surface area contributed by atoms with Gasteiger partial charge in [-0.15, -0.1) is 0 Å². The van der Waals surface area contributed by atoms with E-state index in [1.165, 1.54) is 0 Å². The predicted octanol–water partition coefficient (Wildman–Crippen LogP) is 3.13. The van der Waals surface area contributed by atoms with Gasteiger partial charge in [0.2, 0.25) is 0 Å². The van der Waals surface area contributed by atoms with E-state index in [1.54, 1.807) is 19.4 Å². The van der Waals surface area contributed by atoms with Crippen molar-refractivity contribution in [1.29, 1.82) is 0 Å². The molecular formula is C20H23N5O. The first kappa shape index (κ1) is 17.8. The summed E-state index contributed by atoms with van der Waals surface area (Å²) in [4.78, 5) is 25.1. The van der Waals surface area contributed by atoms with Crippen molar-refractivity contribution in [3.05, 3.63) is 47.3 Å². The zero-order chi connectivity index (χ0) is 18.8. The molecule has 3 heterocycles. The number of fused-ring (bicyclic) bond motifs is 1. The van der Waals surface area contributed by atoms with Crippen LogP contribution in [0.1, 0.15) is 36.3 Å². The van der Waals surface area contributed by atoms with Gasteiger partial charge >= 0.3 is 0 Å². The molecule has 0 aliphatic carbocycles. The highest BCUT2D eigenvalue weighted by Gasteiger charge is 2.14. The lowest BCUT2D eigenvalue weighted by molar-refractivity contribution is 0.0983. The molecule has 0 saturated heterocycles. The van der Waals surface area contributed by atoms with E-state index in [0.29, 0.717) is 17.9 Å². The molecule has 0 saturated carbocycles. The van der Waals surface area contributed by atoms with Crippen molar-refractivity contribution in [2.45, 2.75) is 33.7 Å². The molecule has 3 aromatic rings. The van der Waals surface area contributed by atoms with Gasteiger partial charge in [-0.1, -0.05) is 6.92 Å². The summed E-state index contributed by atoms with van der Waals surface area (Å²) in [5.74, 6) is 0.525. The molecule has 3 rings (SSSR count). The Bertz CT molecular complexity index is 1070. The van der Waals surface area contributed by atoms with Crippen LogP contribution < -0.4 is 11.2 Å². The number of rotatable bonds is 4. The lowest BCUT2D eigenvalue weighted by atomic mass is 10.0. The van der Waals surface area contributed by atoms with Crippen molar-refractivity contribution in [1.82, 2.24) is 14.5 Å². The Morgan fingerprint density at radius 3 is 2.54 bits per heavy atom. The van der Waals surface area contributed by atoms with E-state index in [0.717, 1.165) is 39.6 Å². The van der Waals surface area contributed by atoms with Gasteiger partial charge in [0.05, 0.1) is 5.52 Å². The molecule has 3 aromatic heterocycles. The number of ketones is 1. The van der Waals surface area contributed by atoms with Crippen LogP contribution in [0.4, 0.5) is 5.82 Å². The zero-order valence-corrected chi connectivity index (χ0v) is 15.6. The fraction of sp³-hybridized carbons (Fsp3) is 0.300. The van der Waals surface area contributed by atoms with E-state index < -0.39 is 0 Å². The van der Waals surface area contributed by atoms with Crippen molar-refractivity contribution >= 4 is 22.5 Å². The number of Topliss-reactive ketones (excluding diaryl/α,β-unsaturated/α-hetero) is 1. The number of pyridine rings is 3. The lowest BCUT2D eigenvalue weighted by Gasteiger charge is -2.15. The number of hydrogen-bond acceptors (Lipinski definition) is 5. The summed E-state index contributed by atoms with van der Waals surface area (Å²) < 4.78 is 2.12. The van der Waals surface area contributed by atoms with Gasteiger partial charge in [0.25, 0.3) is 0 Å². The summed E-state index contributed by atoms with van der Waals surface area (Å²) in [6, 6.07) is 5.77. The third-order valence-electron chi connectivity index (χ3n) is 4.56. The fourth-order valence-corrected chi connectivity index (χ4v) is 3.23. The van der Waals surface area contributed by atoms with Crippen molar-refractivity contribution in [2.24, 2.45) is 4.99 Å². The van der Waals surface area contributed by atoms with Crippen LogP contribution in [0, 0.1) is 6.92 Å². The standard InChI is InChI=1S/C20H23N5O/c1-5-18(26)16-7-12(3)15(11-23-16)14-8-13-10-24-19(21)9-17(13)25(6-2)20(14)22-4/h7-11H,5-6H2,1-4H3,(H2,21,24). The molecule has 26 heavy (non-hydrogen) atoms. The first-order chi connectivity index (χ1) is 12.5. The second-order valence-corrected chi connectivity index (χ2v) is 6.18. The maximum Gasteiger partial charge on any atom is 0.180 e. The molecule has 134 valence electrons. The highest BCUT2D eigenvalue weighted by molar-refractivity contribution is 5.94. The Hall–Kier alpha value is -3.02. The van der Waals surface area contributed by atoms with Crippen LogP contribution in [0.25, 0.3) is 22.0 Å². The Morgan fingerprint density at radius 2 is 1.92 bits per heavy atom. The third kappa shape index (κ3) is 2.98. The van der Waals surface area contributed by atoms with Gasteiger partial charge in [-0.25, -0.2) is 4.98 Å². The topological polar surface area (TPSA) is 86.2 Å². The molecule has 0 amide bonds. The number of nitrogens with zero attached hydrogens (tertiary/aromatic N) is 4. The number of nitrogens with two attached hydrogens (primary N) is 1. The van der Waals surface area contributed by atoms with Crippen molar-refractivity contribution in [3.8, 4) is 11.1 Å². The highest BCUT2D eigenvalue weighted by atomic mass is 16.1. The Labute approximate surface area is 152 Å². The van der Waals surface area contributed by atoms with E-state index in [9.17, 15) is 4.79 Å². The molecule has 0 bridgehead atoms. The number of anilines is 1. The third-order valence-corrected chi connectivity index (χ3v) is 4.56. The summed E-state index contributed by atoms with van der Waals surface area (Å²) in [5.41, 5.74) is 11.1. The monoisotopic (exact) mass is 349 g/mol. The van der Waals surface area contributed by atoms with Crippen LogP contribution >= 0.6 is 0 Å². The van der Waals surface area contributed by atoms with Crippen LogP contribution in [-0.2, 0) is 6.54 Å². The molecule has 0 fully saturated rings. The second kappa shape index (κ2) is 7.07. The van der Waals surface area contributed by atoms with Gasteiger partial charge in [-0.2, -0.15) is 0 Å². The van der Waals surface area contributed by atoms with E-state index in [-0.39, 0.29) is 5.78 Å². The van der Waals surface area contributed by atoms with E-state index >= 15 is 0 Å². The summed E-state index contributed by atoms with van der Waals surface area (Å²) >= 11 is 0. The Morgan fingerprint density at radius 1 is 1.15 bits per heavy atom. The summed E-state index contributed by atoms with van der Waals surface area (Å²) in [5, 5.41) is 0.983. The number of hydrogen-bond donors (Lipinski definition) is 1. The number of carbonyl (C=O) groups excluding carboxylic acids is 1. The van der Waals surface area contributed by atoms with Crippen molar-refractivity contribution in [2.75, 3.05) is 12.8 Å². The lowest BCUT2D eigenvalue weighted by Crippen LogP contribution is -2.23. The first-order valence-electron chi connectivity index (χ1n) is 8.72. The molecule has 2 N–H and O–H groups in total. The minimum Gasteiger partial charge on any atom is -0.384 e. The molecule has 0 atom stereocenters. The van der Waals surface area contributed by atoms with Crippen LogP contribution in [0.15, 0.2) is 35.6 Å². The van der Waals surface area contributed by atoms with Crippen molar-refractivity contribution in [3.63, 3.8) is 0 Å². The summed E-state index contributed by atoms with van der Waals surface area (Å²) in [6.07, 6.45) is 3.98. The summed E-state index contributed by atoms with van der Waals surface area (Å²) in [7, 11) is 1.78. The molecular weight excluding hydrogens is 326 g/mol. The molecule has 0 radical (unpaired) electrons. The Kier molecular flexibility index (Phi) is 4.84. The molecule has 0 aromatic carbocycles. The number of carbonyl (C=O) groups is 1. The summed E-state index contributed by atoms with van der Waals surface area (Å²) in [6.45, 7) is 6.65. The SMILES string of the molecule is CCC(=O)c1cc(C)c(-c2cc3cnc(N)cc3n(CC)c2=NC)cn1. The largest absolute Gasteiger partial charge is 0.384 e.